The Labute approximate surface area is 102 Å². The molecule has 90 valence electrons. The summed E-state index contributed by atoms with van der Waals surface area (Å²) in [7, 11) is 2.07. The minimum absolute atomic E-state index is 0.645. The van der Waals surface area contributed by atoms with Crippen LogP contribution in [0.1, 0.15) is 30.2 Å². The predicted molar refractivity (Wildman–Crippen MR) is 72.5 cm³/mol. The lowest BCUT2D eigenvalue weighted by Gasteiger charge is -2.21. The third-order valence-electron chi connectivity index (χ3n) is 4.10. The minimum Gasteiger partial charge on any atom is -0.358 e. The molecule has 0 saturated heterocycles. The second kappa shape index (κ2) is 4.19. The minimum atomic E-state index is 0.645. The molecule has 1 aromatic heterocycles. The number of aromatic nitrogens is 1. The number of fused-ring (bicyclic) bond motifs is 3. The molecule has 1 heterocycles. The highest BCUT2D eigenvalue weighted by Crippen LogP contribution is 2.30. The summed E-state index contributed by atoms with van der Waals surface area (Å²) in [4.78, 5) is 3.65. The Balaban J connectivity index is 2.16. The van der Waals surface area contributed by atoms with Crippen LogP contribution in [0.15, 0.2) is 18.2 Å². The van der Waals surface area contributed by atoms with Crippen molar-refractivity contribution in [2.45, 2.75) is 38.6 Å². The van der Waals surface area contributed by atoms with E-state index in [4.69, 9.17) is 0 Å². The maximum Gasteiger partial charge on any atom is 0.0491 e. The molecule has 0 amide bonds. The molecule has 0 radical (unpaired) electrons. The van der Waals surface area contributed by atoms with Crippen molar-refractivity contribution in [3.8, 4) is 0 Å². The number of para-hydroxylation sites is 1. The van der Waals surface area contributed by atoms with Gasteiger partial charge in [-0.15, -0.1) is 0 Å². The average molecular weight is 228 g/mol. The summed E-state index contributed by atoms with van der Waals surface area (Å²) in [6.07, 6.45) is 4.70. The number of aryl methyl sites for hydroxylation is 2. The Bertz CT molecular complexity index is 539. The van der Waals surface area contributed by atoms with Crippen LogP contribution in [-0.2, 0) is 19.3 Å². The van der Waals surface area contributed by atoms with E-state index in [1.807, 2.05) is 0 Å². The molecule has 2 N–H and O–H groups in total. The van der Waals surface area contributed by atoms with Gasteiger partial charge in [0.15, 0.2) is 0 Å². The van der Waals surface area contributed by atoms with Crippen molar-refractivity contribution in [2.24, 2.45) is 0 Å². The van der Waals surface area contributed by atoms with Crippen molar-refractivity contribution < 1.29 is 0 Å². The number of likely N-dealkylation sites (N-methyl/N-ethyl adjacent to an activating group) is 1. The number of benzene rings is 1. The van der Waals surface area contributed by atoms with Gasteiger partial charge in [-0.2, -0.15) is 0 Å². The zero-order chi connectivity index (χ0) is 11.8. The van der Waals surface area contributed by atoms with Gasteiger partial charge in [0.1, 0.15) is 0 Å². The number of hydrogen-bond donors (Lipinski definition) is 2. The second-order valence-corrected chi connectivity index (χ2v) is 5.00. The Morgan fingerprint density at radius 1 is 1.41 bits per heavy atom. The van der Waals surface area contributed by atoms with E-state index in [2.05, 4.69) is 42.5 Å². The average Bonchev–Trinajstić information content (AvgIpc) is 2.76. The summed E-state index contributed by atoms with van der Waals surface area (Å²) < 4.78 is 0. The second-order valence-electron chi connectivity index (χ2n) is 5.00. The van der Waals surface area contributed by atoms with E-state index in [0.29, 0.717) is 6.04 Å². The van der Waals surface area contributed by atoms with Gasteiger partial charge >= 0.3 is 0 Å². The third-order valence-corrected chi connectivity index (χ3v) is 4.10. The van der Waals surface area contributed by atoms with Crippen molar-refractivity contribution in [2.75, 3.05) is 7.05 Å². The van der Waals surface area contributed by atoms with Crippen molar-refractivity contribution >= 4 is 10.9 Å². The molecular formula is C15H20N2. The first-order chi connectivity index (χ1) is 8.33. The first-order valence-corrected chi connectivity index (χ1v) is 6.62. The SMILES string of the molecule is CCc1cccc2c3c([nH]c12)CCC(NC)C3. The fourth-order valence-corrected chi connectivity index (χ4v) is 3.04. The van der Waals surface area contributed by atoms with Gasteiger partial charge in [0.2, 0.25) is 0 Å². The molecule has 1 aliphatic carbocycles. The van der Waals surface area contributed by atoms with Gasteiger partial charge in [-0.1, -0.05) is 25.1 Å². The van der Waals surface area contributed by atoms with Crippen LogP contribution >= 0.6 is 0 Å². The lowest BCUT2D eigenvalue weighted by Crippen LogP contribution is -2.31. The number of aromatic amines is 1. The van der Waals surface area contributed by atoms with Crippen LogP contribution in [0.3, 0.4) is 0 Å². The van der Waals surface area contributed by atoms with Crippen LogP contribution in [0, 0.1) is 0 Å². The molecule has 2 heteroatoms. The van der Waals surface area contributed by atoms with E-state index >= 15 is 0 Å². The monoisotopic (exact) mass is 228 g/mol. The Kier molecular flexibility index (Phi) is 2.67. The fraction of sp³-hybridized carbons (Fsp3) is 0.467. The zero-order valence-corrected chi connectivity index (χ0v) is 10.6. The van der Waals surface area contributed by atoms with E-state index in [-0.39, 0.29) is 0 Å². The van der Waals surface area contributed by atoms with Gasteiger partial charge in [0.25, 0.3) is 0 Å². The quantitative estimate of drug-likeness (QED) is 0.812. The number of nitrogens with one attached hydrogen (secondary N) is 2. The standard InChI is InChI=1S/C15H20N2/c1-3-10-5-4-6-12-13-9-11(16-2)7-8-14(13)17-15(10)12/h4-6,11,16-17H,3,7-9H2,1-2H3. The molecule has 2 nitrogen and oxygen atoms in total. The Hall–Kier alpha value is -1.28. The van der Waals surface area contributed by atoms with Gasteiger partial charge in [0.05, 0.1) is 0 Å². The van der Waals surface area contributed by atoms with Crippen LogP contribution in [0.25, 0.3) is 10.9 Å². The molecular weight excluding hydrogens is 208 g/mol. The normalized spacial score (nSPS) is 19.5. The molecule has 1 unspecified atom stereocenters. The third kappa shape index (κ3) is 1.67. The molecule has 0 fully saturated rings. The summed E-state index contributed by atoms with van der Waals surface area (Å²) in [6, 6.07) is 7.34. The smallest absolute Gasteiger partial charge is 0.0491 e. The molecule has 17 heavy (non-hydrogen) atoms. The van der Waals surface area contributed by atoms with Crippen LogP contribution in [0.5, 0.6) is 0 Å². The molecule has 3 rings (SSSR count). The molecule has 1 aromatic carbocycles. The summed E-state index contributed by atoms with van der Waals surface area (Å²) in [5.74, 6) is 0. The predicted octanol–water partition coefficient (Wildman–Crippen LogP) is 2.81. The summed E-state index contributed by atoms with van der Waals surface area (Å²) in [5.41, 5.74) is 5.82. The lowest BCUT2D eigenvalue weighted by molar-refractivity contribution is 0.495. The van der Waals surface area contributed by atoms with Crippen molar-refractivity contribution in [1.29, 1.82) is 0 Å². The molecule has 2 aromatic rings. The van der Waals surface area contributed by atoms with Crippen molar-refractivity contribution in [1.82, 2.24) is 10.3 Å². The highest BCUT2D eigenvalue weighted by Gasteiger charge is 2.21. The highest BCUT2D eigenvalue weighted by molar-refractivity contribution is 5.87. The van der Waals surface area contributed by atoms with Gasteiger partial charge in [-0.05, 0) is 43.9 Å². The maximum atomic E-state index is 3.65. The van der Waals surface area contributed by atoms with Gasteiger partial charge in [-0.25, -0.2) is 0 Å². The largest absolute Gasteiger partial charge is 0.358 e. The van der Waals surface area contributed by atoms with Crippen LogP contribution in [0.4, 0.5) is 0 Å². The van der Waals surface area contributed by atoms with Gasteiger partial charge < -0.3 is 10.3 Å². The van der Waals surface area contributed by atoms with E-state index in [1.165, 1.54) is 41.4 Å². The Morgan fingerprint density at radius 2 is 2.29 bits per heavy atom. The lowest BCUT2D eigenvalue weighted by atomic mass is 9.91. The zero-order valence-electron chi connectivity index (χ0n) is 10.6. The summed E-state index contributed by atoms with van der Waals surface area (Å²) in [5, 5.41) is 4.86. The summed E-state index contributed by atoms with van der Waals surface area (Å²) in [6.45, 7) is 2.23. The number of H-pyrrole nitrogens is 1. The maximum absolute atomic E-state index is 3.65. The van der Waals surface area contributed by atoms with E-state index < -0.39 is 0 Å². The fourth-order valence-electron chi connectivity index (χ4n) is 3.04. The number of hydrogen-bond acceptors (Lipinski definition) is 1. The number of rotatable bonds is 2. The van der Waals surface area contributed by atoms with E-state index in [9.17, 15) is 0 Å². The first-order valence-electron chi connectivity index (χ1n) is 6.62. The van der Waals surface area contributed by atoms with Crippen LogP contribution < -0.4 is 5.32 Å². The Morgan fingerprint density at radius 3 is 3.06 bits per heavy atom. The molecule has 0 saturated carbocycles. The van der Waals surface area contributed by atoms with Gasteiger partial charge in [-0.3, -0.25) is 0 Å². The van der Waals surface area contributed by atoms with Crippen LogP contribution in [-0.4, -0.2) is 18.1 Å². The van der Waals surface area contributed by atoms with E-state index in [0.717, 1.165) is 6.42 Å². The highest BCUT2D eigenvalue weighted by atomic mass is 14.9. The molecule has 0 bridgehead atoms. The van der Waals surface area contributed by atoms with Crippen molar-refractivity contribution in [3.05, 3.63) is 35.0 Å². The molecule has 0 spiro atoms. The van der Waals surface area contributed by atoms with Gasteiger partial charge in [0, 0.05) is 22.6 Å². The van der Waals surface area contributed by atoms with Crippen molar-refractivity contribution in [3.63, 3.8) is 0 Å². The molecule has 0 aliphatic heterocycles. The molecule has 1 atom stereocenters. The van der Waals surface area contributed by atoms with Crippen LogP contribution in [0.2, 0.25) is 0 Å². The van der Waals surface area contributed by atoms with E-state index in [1.54, 1.807) is 5.56 Å². The first kappa shape index (κ1) is 10.8. The molecule has 1 aliphatic rings. The summed E-state index contributed by atoms with van der Waals surface area (Å²) >= 11 is 0. The topological polar surface area (TPSA) is 27.8 Å².